The van der Waals surface area contributed by atoms with E-state index in [9.17, 15) is 0 Å². The van der Waals surface area contributed by atoms with Gasteiger partial charge in [-0.05, 0) is 37.3 Å². The van der Waals surface area contributed by atoms with E-state index in [1.807, 2.05) is 12.3 Å². The molecule has 6 heteroatoms. The van der Waals surface area contributed by atoms with Gasteiger partial charge in [0, 0.05) is 31.9 Å². The van der Waals surface area contributed by atoms with E-state index < -0.39 is 0 Å². The monoisotopic (exact) mass is 330 g/mol. The Morgan fingerprint density at radius 2 is 2.08 bits per heavy atom. The van der Waals surface area contributed by atoms with E-state index in [1.54, 1.807) is 0 Å². The number of rotatable bonds is 6. The van der Waals surface area contributed by atoms with Crippen LogP contribution in [0, 0.1) is 12.8 Å². The molecule has 0 amide bonds. The molecule has 0 aromatic carbocycles. The van der Waals surface area contributed by atoms with Gasteiger partial charge in [0.05, 0.1) is 11.7 Å². The fourth-order valence-corrected chi connectivity index (χ4v) is 3.02. The van der Waals surface area contributed by atoms with Gasteiger partial charge in [-0.15, -0.1) is 0 Å². The van der Waals surface area contributed by atoms with Crippen molar-refractivity contribution in [2.45, 2.75) is 52.1 Å². The predicted molar refractivity (Wildman–Crippen MR) is 90.5 cm³/mol. The number of ether oxygens (including phenoxy) is 1. The van der Waals surface area contributed by atoms with Crippen LogP contribution in [0.25, 0.3) is 0 Å². The zero-order valence-electron chi connectivity index (χ0n) is 14.7. The Morgan fingerprint density at radius 1 is 1.29 bits per heavy atom. The molecule has 3 heterocycles. The number of hydrogen-bond donors (Lipinski definition) is 1. The summed E-state index contributed by atoms with van der Waals surface area (Å²) in [6, 6.07) is 4.08. The topological polar surface area (TPSA) is 73.1 Å². The average molecular weight is 330 g/mol. The van der Waals surface area contributed by atoms with Crippen LogP contribution in [0.5, 0.6) is 0 Å². The second-order valence-corrected chi connectivity index (χ2v) is 6.72. The van der Waals surface area contributed by atoms with Gasteiger partial charge in [-0.25, -0.2) is 0 Å². The third-order valence-electron chi connectivity index (χ3n) is 4.58. The zero-order valence-corrected chi connectivity index (χ0v) is 14.7. The molecule has 0 saturated carbocycles. The Hall–Kier alpha value is -1.79. The van der Waals surface area contributed by atoms with Gasteiger partial charge >= 0.3 is 0 Å². The van der Waals surface area contributed by atoms with E-state index in [0.717, 1.165) is 37.6 Å². The van der Waals surface area contributed by atoms with Crippen LogP contribution in [0.2, 0.25) is 0 Å². The minimum absolute atomic E-state index is 0.0373. The fraction of sp³-hybridized carbons (Fsp3) is 0.611. The molecule has 1 atom stereocenters. The van der Waals surface area contributed by atoms with Gasteiger partial charge in [0.2, 0.25) is 5.89 Å². The van der Waals surface area contributed by atoms with Crippen molar-refractivity contribution in [3.8, 4) is 0 Å². The number of pyridine rings is 1. The summed E-state index contributed by atoms with van der Waals surface area (Å²) in [4.78, 5) is 9.09. The summed E-state index contributed by atoms with van der Waals surface area (Å²) in [6.07, 6.45) is 3.83. The molecule has 2 aromatic rings. The maximum atomic E-state index is 5.58. The molecule has 1 fully saturated rings. The maximum absolute atomic E-state index is 5.58. The first-order valence-corrected chi connectivity index (χ1v) is 8.70. The summed E-state index contributed by atoms with van der Waals surface area (Å²) in [5.41, 5.74) is 2.24. The summed E-state index contributed by atoms with van der Waals surface area (Å²) in [6.45, 7) is 8.49. The quantitative estimate of drug-likeness (QED) is 0.877. The molecule has 2 aromatic heterocycles. The summed E-state index contributed by atoms with van der Waals surface area (Å²) in [5, 5.41) is 7.73. The molecule has 24 heavy (non-hydrogen) atoms. The highest BCUT2D eigenvalue weighted by molar-refractivity contribution is 5.17. The molecule has 0 spiro atoms. The van der Waals surface area contributed by atoms with Crippen molar-refractivity contribution < 1.29 is 9.26 Å². The van der Waals surface area contributed by atoms with E-state index in [-0.39, 0.29) is 12.0 Å². The number of aromatic nitrogens is 3. The van der Waals surface area contributed by atoms with Crippen LogP contribution < -0.4 is 5.32 Å². The van der Waals surface area contributed by atoms with Crippen LogP contribution in [0.1, 0.15) is 61.6 Å². The normalized spacial score (nSPS) is 17.3. The third kappa shape index (κ3) is 3.99. The van der Waals surface area contributed by atoms with Gasteiger partial charge in [0.1, 0.15) is 0 Å². The second kappa shape index (κ2) is 7.85. The molecule has 1 aliphatic heterocycles. The highest BCUT2D eigenvalue weighted by Crippen LogP contribution is 2.30. The van der Waals surface area contributed by atoms with Gasteiger partial charge in [-0.1, -0.05) is 25.1 Å². The summed E-state index contributed by atoms with van der Waals surface area (Å²) in [5.74, 6) is 2.14. The standard InChI is InChI=1S/C18H26N4O2/c1-12(2)17-21-18(24-22-17)16(14-6-9-23-10-7-14)20-11-15-13(3)5-4-8-19-15/h4-5,8,12,14,16,20H,6-7,9-11H2,1-3H3/t16-/m1/s1. The van der Waals surface area contributed by atoms with E-state index in [2.05, 4.69) is 47.3 Å². The Morgan fingerprint density at radius 3 is 2.75 bits per heavy atom. The van der Waals surface area contributed by atoms with Crippen LogP contribution in [-0.2, 0) is 11.3 Å². The van der Waals surface area contributed by atoms with Crippen molar-refractivity contribution in [3.05, 3.63) is 41.3 Å². The average Bonchev–Trinajstić information content (AvgIpc) is 3.08. The molecular weight excluding hydrogens is 304 g/mol. The SMILES string of the molecule is Cc1cccnc1CN[C@@H](c1nc(C(C)C)no1)C1CCOCC1. The molecule has 130 valence electrons. The van der Waals surface area contributed by atoms with Gasteiger partial charge in [0.25, 0.3) is 0 Å². The van der Waals surface area contributed by atoms with E-state index in [4.69, 9.17) is 9.26 Å². The first-order valence-electron chi connectivity index (χ1n) is 8.70. The molecule has 6 nitrogen and oxygen atoms in total. The lowest BCUT2D eigenvalue weighted by atomic mass is 9.91. The molecule has 3 rings (SSSR count). The molecular formula is C18H26N4O2. The van der Waals surface area contributed by atoms with Crippen LogP contribution in [0.15, 0.2) is 22.9 Å². The first-order chi connectivity index (χ1) is 11.6. The summed E-state index contributed by atoms with van der Waals surface area (Å²) in [7, 11) is 0. The number of hydrogen-bond acceptors (Lipinski definition) is 6. The molecule has 0 aliphatic carbocycles. The van der Waals surface area contributed by atoms with Crippen molar-refractivity contribution in [2.24, 2.45) is 5.92 Å². The fourth-order valence-electron chi connectivity index (χ4n) is 3.02. The molecule has 1 saturated heterocycles. The number of nitrogens with one attached hydrogen (secondary N) is 1. The largest absolute Gasteiger partial charge is 0.381 e. The Kier molecular flexibility index (Phi) is 5.58. The second-order valence-electron chi connectivity index (χ2n) is 6.72. The van der Waals surface area contributed by atoms with Crippen LogP contribution in [0.3, 0.4) is 0 Å². The van der Waals surface area contributed by atoms with Crippen LogP contribution in [-0.4, -0.2) is 28.3 Å². The minimum atomic E-state index is 0.0373. The van der Waals surface area contributed by atoms with Crippen molar-refractivity contribution in [1.82, 2.24) is 20.4 Å². The molecule has 0 unspecified atom stereocenters. The maximum Gasteiger partial charge on any atom is 0.244 e. The van der Waals surface area contributed by atoms with Gasteiger partial charge in [0.15, 0.2) is 5.82 Å². The molecule has 0 radical (unpaired) electrons. The smallest absolute Gasteiger partial charge is 0.244 e. The number of aryl methyl sites for hydroxylation is 1. The number of nitrogens with zero attached hydrogens (tertiary/aromatic N) is 3. The van der Waals surface area contributed by atoms with Crippen molar-refractivity contribution in [3.63, 3.8) is 0 Å². The van der Waals surface area contributed by atoms with Crippen LogP contribution in [0.4, 0.5) is 0 Å². The molecule has 1 N–H and O–H groups in total. The van der Waals surface area contributed by atoms with Gasteiger partial charge in [-0.2, -0.15) is 4.98 Å². The van der Waals surface area contributed by atoms with Crippen molar-refractivity contribution in [1.29, 1.82) is 0 Å². The van der Waals surface area contributed by atoms with Gasteiger partial charge < -0.3 is 9.26 Å². The highest BCUT2D eigenvalue weighted by Gasteiger charge is 2.30. The Labute approximate surface area is 143 Å². The lowest BCUT2D eigenvalue weighted by Gasteiger charge is -2.28. The van der Waals surface area contributed by atoms with Gasteiger partial charge in [-0.3, -0.25) is 10.3 Å². The third-order valence-corrected chi connectivity index (χ3v) is 4.58. The summed E-state index contributed by atoms with van der Waals surface area (Å²) >= 11 is 0. The lowest BCUT2D eigenvalue weighted by molar-refractivity contribution is 0.0485. The van der Waals surface area contributed by atoms with Crippen molar-refractivity contribution in [2.75, 3.05) is 13.2 Å². The Bertz CT molecular complexity index is 650. The summed E-state index contributed by atoms with van der Waals surface area (Å²) < 4.78 is 11.1. The molecule has 0 bridgehead atoms. The highest BCUT2D eigenvalue weighted by atomic mass is 16.5. The minimum Gasteiger partial charge on any atom is -0.381 e. The first kappa shape index (κ1) is 17.0. The van der Waals surface area contributed by atoms with Crippen molar-refractivity contribution >= 4 is 0 Å². The van der Waals surface area contributed by atoms with E-state index in [1.165, 1.54) is 5.56 Å². The Balaban J connectivity index is 1.77. The lowest BCUT2D eigenvalue weighted by Crippen LogP contribution is -2.32. The van der Waals surface area contributed by atoms with E-state index >= 15 is 0 Å². The predicted octanol–water partition coefficient (Wildman–Crippen LogP) is 3.15. The van der Waals surface area contributed by atoms with Crippen LogP contribution >= 0.6 is 0 Å². The zero-order chi connectivity index (χ0) is 16.9. The van der Waals surface area contributed by atoms with E-state index in [0.29, 0.717) is 18.4 Å². The molecule has 1 aliphatic rings.